The van der Waals surface area contributed by atoms with Gasteiger partial charge in [-0.1, -0.05) is 67.6 Å². The molecule has 0 radical (unpaired) electrons. The van der Waals surface area contributed by atoms with Crippen LogP contribution in [0.4, 0.5) is 10.1 Å². The summed E-state index contributed by atoms with van der Waals surface area (Å²) >= 11 is 0. The van der Waals surface area contributed by atoms with Crippen LogP contribution in [0.5, 0.6) is 17.2 Å². The number of aliphatic hydroxyl groups is 2. The summed E-state index contributed by atoms with van der Waals surface area (Å²) in [5.41, 5.74) is 1.95. The number of carbonyl (C=O) groups is 2. The molecule has 0 aromatic heterocycles. The largest absolute Gasteiger partial charge is 0.486 e. The topological polar surface area (TPSA) is 112 Å². The second-order valence-electron chi connectivity index (χ2n) is 12.0. The lowest BCUT2D eigenvalue weighted by molar-refractivity contribution is -0.124. The van der Waals surface area contributed by atoms with Crippen LogP contribution in [0.3, 0.4) is 0 Å². The Bertz CT molecular complexity index is 1670. The van der Waals surface area contributed by atoms with Crippen molar-refractivity contribution in [1.29, 1.82) is 0 Å². The van der Waals surface area contributed by atoms with Gasteiger partial charge in [-0.2, -0.15) is 0 Å². The van der Waals surface area contributed by atoms with E-state index in [1.165, 1.54) is 6.07 Å². The molecule has 1 aliphatic rings. The van der Waals surface area contributed by atoms with Crippen molar-refractivity contribution < 1.29 is 33.7 Å². The minimum Gasteiger partial charge on any atom is -0.486 e. The molecule has 3 N–H and O–H groups in total. The molecule has 47 heavy (non-hydrogen) atoms. The molecule has 5 rings (SSSR count). The molecule has 246 valence electrons. The Kier molecular flexibility index (Phi) is 10.9. The van der Waals surface area contributed by atoms with Gasteiger partial charge < -0.3 is 29.9 Å². The first-order valence-electron chi connectivity index (χ1n) is 15.6. The van der Waals surface area contributed by atoms with Crippen molar-refractivity contribution in [2.75, 3.05) is 32.1 Å². The summed E-state index contributed by atoms with van der Waals surface area (Å²) in [7, 11) is 1.96. The monoisotopic (exact) mass is 641 g/mol. The van der Waals surface area contributed by atoms with Crippen molar-refractivity contribution >= 4 is 17.5 Å². The average Bonchev–Trinajstić information content (AvgIpc) is 3.08. The molecule has 0 saturated carbocycles. The molecule has 0 unspecified atom stereocenters. The molecule has 4 aromatic rings. The summed E-state index contributed by atoms with van der Waals surface area (Å²) in [6.45, 7) is 4.95. The zero-order valence-corrected chi connectivity index (χ0v) is 26.7. The number of hydrogen-bond acceptors (Lipinski definition) is 7. The highest BCUT2D eigenvalue weighted by Gasteiger charge is 2.35. The molecule has 1 aliphatic heterocycles. The molecule has 0 spiro atoms. The first-order valence-corrected chi connectivity index (χ1v) is 15.6. The fraction of sp³-hybridized carbons (Fsp3) is 0.297. The maximum Gasteiger partial charge on any atom is 0.258 e. The van der Waals surface area contributed by atoms with Crippen LogP contribution in [0, 0.1) is 11.7 Å². The van der Waals surface area contributed by atoms with Crippen LogP contribution in [-0.4, -0.2) is 70.7 Å². The number of fused-ring (bicyclic) bond motifs is 1. The Hall–Kier alpha value is -4.77. The van der Waals surface area contributed by atoms with Crippen LogP contribution >= 0.6 is 0 Å². The Balaban J connectivity index is 1.36. The summed E-state index contributed by atoms with van der Waals surface area (Å²) in [5.74, 6) is -0.689. The van der Waals surface area contributed by atoms with E-state index in [4.69, 9.17) is 9.47 Å². The first kappa shape index (κ1) is 33.6. The minimum absolute atomic E-state index is 0.154. The van der Waals surface area contributed by atoms with Crippen molar-refractivity contribution in [3.63, 3.8) is 0 Å². The molecule has 0 aliphatic carbocycles. The number of anilines is 1. The molecule has 0 saturated heterocycles. The van der Waals surface area contributed by atoms with Crippen LogP contribution in [0.1, 0.15) is 41.4 Å². The summed E-state index contributed by atoms with van der Waals surface area (Å²) in [5, 5.41) is 23.5. The molecular weight excluding hydrogens is 601 g/mol. The van der Waals surface area contributed by atoms with Crippen molar-refractivity contribution in [2.24, 2.45) is 5.92 Å². The van der Waals surface area contributed by atoms with E-state index < -0.39 is 30.0 Å². The number of aliphatic hydroxyl groups excluding tert-OH is 2. The van der Waals surface area contributed by atoms with Gasteiger partial charge in [0.15, 0.2) is 23.4 Å². The number of likely N-dealkylation sites (N-methyl/N-ethyl adjacent to an activating group) is 1. The third-order valence-corrected chi connectivity index (χ3v) is 8.24. The molecule has 1 heterocycles. The highest BCUT2D eigenvalue weighted by Crippen LogP contribution is 2.35. The maximum absolute atomic E-state index is 14.0. The molecule has 9 nitrogen and oxygen atoms in total. The highest BCUT2D eigenvalue weighted by atomic mass is 19.1. The van der Waals surface area contributed by atoms with E-state index in [0.717, 1.165) is 5.56 Å². The van der Waals surface area contributed by atoms with E-state index in [9.17, 15) is 24.2 Å². The van der Waals surface area contributed by atoms with Gasteiger partial charge in [0.2, 0.25) is 0 Å². The predicted molar refractivity (Wildman–Crippen MR) is 177 cm³/mol. The molecular formula is C37H40FN3O6. The van der Waals surface area contributed by atoms with Gasteiger partial charge >= 0.3 is 0 Å². The molecule has 4 atom stereocenters. The van der Waals surface area contributed by atoms with E-state index in [1.54, 1.807) is 90.7 Å². The van der Waals surface area contributed by atoms with E-state index >= 15 is 0 Å². The van der Waals surface area contributed by atoms with Gasteiger partial charge in [-0.3, -0.25) is 14.5 Å². The summed E-state index contributed by atoms with van der Waals surface area (Å²) < 4.78 is 26.3. The maximum atomic E-state index is 14.0. The zero-order valence-electron chi connectivity index (χ0n) is 26.7. The smallest absolute Gasteiger partial charge is 0.258 e. The van der Waals surface area contributed by atoms with E-state index in [0.29, 0.717) is 30.9 Å². The number of para-hydroxylation sites is 2. The lowest BCUT2D eigenvalue weighted by Crippen LogP contribution is -2.49. The minimum atomic E-state index is -1.42. The predicted octanol–water partition coefficient (Wildman–Crippen LogP) is 5.64. The van der Waals surface area contributed by atoms with Crippen LogP contribution in [-0.2, 0) is 11.3 Å². The average molecular weight is 642 g/mol. The Labute approximate surface area is 274 Å². The van der Waals surface area contributed by atoms with Gasteiger partial charge in [0.05, 0.1) is 23.9 Å². The summed E-state index contributed by atoms with van der Waals surface area (Å²) in [4.78, 5) is 30.7. The molecule has 0 bridgehead atoms. The normalized spacial score (nSPS) is 17.6. The van der Waals surface area contributed by atoms with Crippen molar-refractivity contribution in [3.05, 3.63) is 120 Å². The van der Waals surface area contributed by atoms with E-state index in [-0.39, 0.29) is 41.2 Å². The molecule has 2 amide bonds. The zero-order chi connectivity index (χ0) is 33.5. The number of nitrogens with one attached hydrogen (secondary N) is 1. The van der Waals surface area contributed by atoms with Gasteiger partial charge in [-0.15, -0.1) is 0 Å². The fourth-order valence-electron chi connectivity index (χ4n) is 5.55. The van der Waals surface area contributed by atoms with Crippen LogP contribution in [0.15, 0.2) is 97.1 Å². The van der Waals surface area contributed by atoms with Gasteiger partial charge in [0.25, 0.3) is 11.8 Å². The summed E-state index contributed by atoms with van der Waals surface area (Å²) in [6.07, 6.45) is -1.84. The summed E-state index contributed by atoms with van der Waals surface area (Å²) in [6, 6.07) is 26.7. The number of carbonyl (C=O) groups excluding carboxylic acids is 2. The molecule has 10 heteroatoms. The number of benzene rings is 4. The van der Waals surface area contributed by atoms with Gasteiger partial charge in [0, 0.05) is 25.6 Å². The number of hydrogen-bond donors (Lipinski definition) is 3. The van der Waals surface area contributed by atoms with Crippen molar-refractivity contribution in [3.8, 4) is 17.2 Å². The van der Waals surface area contributed by atoms with Crippen LogP contribution < -0.4 is 14.8 Å². The fourth-order valence-corrected chi connectivity index (χ4v) is 5.55. The number of amides is 2. The number of halogens is 1. The number of ether oxygens (including phenoxy) is 2. The Morgan fingerprint density at radius 2 is 1.74 bits per heavy atom. The molecule has 0 fully saturated rings. The number of nitrogens with zero attached hydrogens (tertiary/aromatic N) is 2. The van der Waals surface area contributed by atoms with Gasteiger partial charge in [-0.25, -0.2) is 4.39 Å². The highest BCUT2D eigenvalue weighted by molar-refractivity contribution is 6.02. The third-order valence-electron chi connectivity index (χ3n) is 8.24. The first-order chi connectivity index (χ1) is 22.6. The van der Waals surface area contributed by atoms with Crippen LogP contribution in [0.25, 0.3) is 0 Å². The van der Waals surface area contributed by atoms with E-state index in [2.05, 4.69) is 10.2 Å². The second kappa shape index (κ2) is 15.2. The van der Waals surface area contributed by atoms with Crippen molar-refractivity contribution in [2.45, 2.75) is 38.6 Å². The van der Waals surface area contributed by atoms with E-state index in [1.807, 2.05) is 26.1 Å². The lowest BCUT2D eigenvalue weighted by atomic mass is 9.98. The Morgan fingerprint density at radius 1 is 1.04 bits per heavy atom. The van der Waals surface area contributed by atoms with Crippen molar-refractivity contribution in [1.82, 2.24) is 9.80 Å². The second-order valence-corrected chi connectivity index (χ2v) is 12.0. The Morgan fingerprint density at radius 3 is 2.45 bits per heavy atom. The lowest BCUT2D eigenvalue weighted by Gasteiger charge is -2.38. The number of rotatable bonds is 11. The molecule has 4 aromatic carbocycles. The van der Waals surface area contributed by atoms with Crippen LogP contribution in [0.2, 0.25) is 0 Å². The van der Waals surface area contributed by atoms with Gasteiger partial charge in [0.1, 0.15) is 11.9 Å². The third kappa shape index (κ3) is 8.15. The quantitative estimate of drug-likeness (QED) is 0.194. The standard InChI is InChI=1S/C37H40FN3O6/c1-24-20-41(25(2)23-42)37(45)29-12-9-14-31(39-36(44)34(43)27-10-5-4-6-11-27)35(29)47-33(24)22-40(3)21-26-16-18-28(19-17-26)46-32-15-8-7-13-30(32)38/h4-19,24-25,33-34,42-43H,20-23H2,1-3H3,(H,39,44)/t24-,25+,33-,34-/m1/s1. The SMILES string of the molecule is C[C@@H]1CN([C@@H](C)CO)C(=O)c2cccc(NC(=O)[C@H](O)c3ccccc3)c2O[C@@H]1CN(C)Cc1ccc(Oc2ccccc2F)cc1. The van der Waals surface area contributed by atoms with Gasteiger partial charge in [-0.05, 0) is 61.5 Å².